The zero-order chi connectivity index (χ0) is 8.69. The average molecular weight is 156 g/mol. The molecule has 0 amide bonds. The van der Waals surface area contributed by atoms with E-state index in [1.165, 1.54) is 6.42 Å². The van der Waals surface area contributed by atoms with Crippen molar-refractivity contribution in [3.05, 3.63) is 12.7 Å². The predicted octanol–water partition coefficient (Wildman–Crippen LogP) is 1.10. The van der Waals surface area contributed by atoms with Crippen molar-refractivity contribution in [2.24, 2.45) is 0 Å². The zero-order valence-corrected chi connectivity index (χ0v) is 7.93. The van der Waals surface area contributed by atoms with Crippen LogP contribution in [0.5, 0.6) is 0 Å². The second-order valence-electron chi connectivity index (χ2n) is 3.11. The smallest absolute Gasteiger partial charge is 0.0194 e. The van der Waals surface area contributed by atoms with Crippen LogP contribution in [0.1, 0.15) is 12.8 Å². The first-order valence-corrected chi connectivity index (χ1v) is 4.13. The van der Waals surface area contributed by atoms with Gasteiger partial charge in [-0.05, 0) is 34.0 Å². The minimum Gasteiger partial charge on any atom is -0.316 e. The van der Waals surface area contributed by atoms with Gasteiger partial charge in [-0.1, -0.05) is 6.08 Å². The van der Waals surface area contributed by atoms with Crippen molar-refractivity contribution in [1.29, 1.82) is 0 Å². The first-order valence-electron chi connectivity index (χ1n) is 4.13. The maximum absolute atomic E-state index is 3.70. The lowest BCUT2D eigenvalue weighted by atomic mass is 10.1. The number of nitrogens with zero attached hydrogens (tertiary/aromatic N) is 1. The molecule has 0 rings (SSSR count). The molecule has 2 heteroatoms. The van der Waals surface area contributed by atoms with Crippen LogP contribution in [-0.4, -0.2) is 38.6 Å². The van der Waals surface area contributed by atoms with E-state index in [-0.39, 0.29) is 0 Å². The van der Waals surface area contributed by atoms with E-state index in [0.29, 0.717) is 6.04 Å². The van der Waals surface area contributed by atoms with Crippen LogP contribution < -0.4 is 5.32 Å². The summed E-state index contributed by atoms with van der Waals surface area (Å²) < 4.78 is 0. The van der Waals surface area contributed by atoms with Crippen LogP contribution in [0.25, 0.3) is 0 Å². The summed E-state index contributed by atoms with van der Waals surface area (Å²) in [5.41, 5.74) is 0. The van der Waals surface area contributed by atoms with Gasteiger partial charge in [-0.25, -0.2) is 0 Å². The number of allylic oxidation sites excluding steroid dienone is 1. The molecule has 1 unspecified atom stereocenters. The van der Waals surface area contributed by atoms with E-state index in [1.807, 2.05) is 13.1 Å². The van der Waals surface area contributed by atoms with E-state index in [4.69, 9.17) is 0 Å². The Morgan fingerprint density at radius 3 is 2.55 bits per heavy atom. The summed E-state index contributed by atoms with van der Waals surface area (Å²) in [6, 6.07) is 0.600. The molecule has 1 atom stereocenters. The molecular weight excluding hydrogens is 136 g/mol. The van der Waals surface area contributed by atoms with Crippen molar-refractivity contribution in [2.45, 2.75) is 18.9 Å². The second-order valence-corrected chi connectivity index (χ2v) is 3.11. The Morgan fingerprint density at radius 2 is 2.18 bits per heavy atom. The highest BCUT2D eigenvalue weighted by molar-refractivity contribution is 4.74. The quantitative estimate of drug-likeness (QED) is 0.579. The molecule has 11 heavy (non-hydrogen) atoms. The van der Waals surface area contributed by atoms with E-state index < -0.39 is 0 Å². The summed E-state index contributed by atoms with van der Waals surface area (Å²) in [5.74, 6) is 0. The third-order valence-corrected chi connectivity index (χ3v) is 1.71. The minimum absolute atomic E-state index is 0.600. The topological polar surface area (TPSA) is 15.3 Å². The lowest BCUT2D eigenvalue weighted by molar-refractivity contribution is 0.338. The highest BCUT2D eigenvalue weighted by Gasteiger charge is 2.04. The third-order valence-electron chi connectivity index (χ3n) is 1.71. The number of hydrogen-bond donors (Lipinski definition) is 1. The monoisotopic (exact) mass is 156 g/mol. The molecule has 0 aromatic rings. The number of rotatable bonds is 6. The molecule has 0 bridgehead atoms. The molecule has 0 aliphatic carbocycles. The van der Waals surface area contributed by atoms with E-state index >= 15 is 0 Å². The van der Waals surface area contributed by atoms with Crippen molar-refractivity contribution in [2.75, 3.05) is 27.7 Å². The Kier molecular flexibility index (Phi) is 6.18. The lowest BCUT2D eigenvalue weighted by Gasteiger charge is -2.19. The van der Waals surface area contributed by atoms with Gasteiger partial charge < -0.3 is 10.2 Å². The molecule has 1 N–H and O–H groups in total. The standard InChI is InChI=1S/C9H20N2/c1-5-6-7-9(10-2)8-11(3)4/h5,9-10H,1,6-8H2,2-4H3. The lowest BCUT2D eigenvalue weighted by Crippen LogP contribution is -2.35. The second kappa shape index (κ2) is 6.38. The molecule has 0 aromatic carbocycles. The first-order chi connectivity index (χ1) is 5.20. The third kappa shape index (κ3) is 6.07. The summed E-state index contributed by atoms with van der Waals surface area (Å²) in [7, 11) is 6.20. The van der Waals surface area contributed by atoms with Gasteiger partial charge in [0.05, 0.1) is 0 Å². The van der Waals surface area contributed by atoms with Crippen LogP contribution in [0.2, 0.25) is 0 Å². The number of hydrogen-bond acceptors (Lipinski definition) is 2. The molecule has 0 aromatic heterocycles. The Balaban J connectivity index is 3.48. The summed E-state index contributed by atoms with van der Waals surface area (Å²) in [6.45, 7) is 4.81. The average Bonchev–Trinajstić information content (AvgIpc) is 1.97. The highest BCUT2D eigenvalue weighted by atomic mass is 15.1. The Morgan fingerprint density at radius 1 is 1.55 bits per heavy atom. The van der Waals surface area contributed by atoms with Gasteiger partial charge in [0.25, 0.3) is 0 Å². The molecule has 0 aliphatic rings. The van der Waals surface area contributed by atoms with Gasteiger partial charge in [0.2, 0.25) is 0 Å². The zero-order valence-electron chi connectivity index (χ0n) is 7.93. The van der Waals surface area contributed by atoms with E-state index in [9.17, 15) is 0 Å². The molecule has 66 valence electrons. The van der Waals surface area contributed by atoms with Crippen LogP contribution >= 0.6 is 0 Å². The number of likely N-dealkylation sites (N-methyl/N-ethyl adjacent to an activating group) is 2. The minimum atomic E-state index is 0.600. The van der Waals surface area contributed by atoms with Gasteiger partial charge in [0.15, 0.2) is 0 Å². The van der Waals surface area contributed by atoms with E-state index in [1.54, 1.807) is 0 Å². The van der Waals surface area contributed by atoms with Gasteiger partial charge >= 0.3 is 0 Å². The van der Waals surface area contributed by atoms with Crippen LogP contribution in [0.3, 0.4) is 0 Å². The molecule has 0 fully saturated rings. The summed E-state index contributed by atoms with van der Waals surface area (Å²) in [6.07, 6.45) is 4.25. The highest BCUT2D eigenvalue weighted by Crippen LogP contribution is 1.97. The molecule has 0 saturated heterocycles. The van der Waals surface area contributed by atoms with Gasteiger partial charge in [-0.2, -0.15) is 0 Å². The van der Waals surface area contributed by atoms with Crippen molar-refractivity contribution in [1.82, 2.24) is 10.2 Å². The van der Waals surface area contributed by atoms with Crippen molar-refractivity contribution in [3.63, 3.8) is 0 Å². The number of nitrogens with one attached hydrogen (secondary N) is 1. The Bertz CT molecular complexity index is 99.7. The van der Waals surface area contributed by atoms with Crippen molar-refractivity contribution in [3.8, 4) is 0 Å². The van der Waals surface area contributed by atoms with Crippen LogP contribution in [0.15, 0.2) is 12.7 Å². The van der Waals surface area contributed by atoms with Crippen molar-refractivity contribution >= 4 is 0 Å². The largest absolute Gasteiger partial charge is 0.316 e. The van der Waals surface area contributed by atoms with Gasteiger partial charge in [0, 0.05) is 12.6 Å². The fraction of sp³-hybridized carbons (Fsp3) is 0.778. The summed E-state index contributed by atoms with van der Waals surface area (Å²) >= 11 is 0. The van der Waals surface area contributed by atoms with E-state index in [0.717, 1.165) is 13.0 Å². The van der Waals surface area contributed by atoms with Crippen LogP contribution in [-0.2, 0) is 0 Å². The van der Waals surface area contributed by atoms with Crippen LogP contribution in [0, 0.1) is 0 Å². The fourth-order valence-electron chi connectivity index (χ4n) is 1.09. The molecule has 0 spiro atoms. The Labute approximate surface area is 70.3 Å². The van der Waals surface area contributed by atoms with E-state index in [2.05, 4.69) is 30.9 Å². The van der Waals surface area contributed by atoms with Crippen LogP contribution in [0.4, 0.5) is 0 Å². The fourth-order valence-corrected chi connectivity index (χ4v) is 1.09. The van der Waals surface area contributed by atoms with Gasteiger partial charge in [-0.3, -0.25) is 0 Å². The molecule has 0 heterocycles. The maximum Gasteiger partial charge on any atom is 0.0194 e. The molecule has 0 radical (unpaired) electrons. The maximum atomic E-state index is 3.70. The first kappa shape index (κ1) is 10.7. The van der Waals surface area contributed by atoms with Crippen molar-refractivity contribution < 1.29 is 0 Å². The Hall–Kier alpha value is -0.340. The SMILES string of the molecule is C=CCCC(CN(C)C)NC. The van der Waals surface area contributed by atoms with Gasteiger partial charge in [-0.15, -0.1) is 6.58 Å². The normalized spacial score (nSPS) is 13.5. The van der Waals surface area contributed by atoms with Gasteiger partial charge in [0.1, 0.15) is 0 Å². The summed E-state index contributed by atoms with van der Waals surface area (Å²) in [5, 5.41) is 3.28. The molecule has 0 saturated carbocycles. The molecule has 2 nitrogen and oxygen atoms in total. The summed E-state index contributed by atoms with van der Waals surface area (Å²) in [4.78, 5) is 2.20. The molecular formula is C9H20N2. The molecule has 0 aliphatic heterocycles. The predicted molar refractivity (Wildman–Crippen MR) is 50.8 cm³/mol.